The largest absolute Gasteiger partial charge is 0.349 e. The van der Waals surface area contributed by atoms with Crippen molar-refractivity contribution in [2.75, 3.05) is 5.33 Å². The molecule has 0 aliphatic carbocycles. The van der Waals surface area contributed by atoms with E-state index in [0.717, 1.165) is 23.9 Å². The number of hydrogen-bond donors (Lipinski definition) is 2. The molecule has 1 unspecified atom stereocenters. The quantitative estimate of drug-likeness (QED) is 0.807. The van der Waals surface area contributed by atoms with Crippen LogP contribution >= 0.6 is 15.9 Å². The number of H-pyrrole nitrogens is 1. The van der Waals surface area contributed by atoms with Crippen LogP contribution in [0.3, 0.4) is 0 Å². The molecule has 1 rings (SSSR count). The van der Waals surface area contributed by atoms with E-state index in [0.29, 0.717) is 5.56 Å². The Kier molecular flexibility index (Phi) is 4.81. The maximum absolute atomic E-state index is 11.7. The zero-order chi connectivity index (χ0) is 11.3. The first-order valence-electron chi connectivity index (χ1n) is 5.02. The first-order chi connectivity index (χ1) is 7.15. The molecule has 0 fully saturated rings. The Bertz CT molecular complexity index is 324. The average Bonchev–Trinajstić information content (AvgIpc) is 2.61. The lowest BCUT2D eigenvalue weighted by molar-refractivity contribution is 0.0938. The highest BCUT2D eigenvalue weighted by Gasteiger charge is 2.12. The third-order valence-electron chi connectivity index (χ3n) is 2.22. The van der Waals surface area contributed by atoms with E-state index in [2.05, 4.69) is 31.4 Å². The van der Waals surface area contributed by atoms with Gasteiger partial charge in [0.15, 0.2) is 0 Å². The Labute approximate surface area is 98.0 Å². The fourth-order valence-corrected chi connectivity index (χ4v) is 1.66. The molecule has 0 saturated heterocycles. The minimum absolute atomic E-state index is 0.0525. The zero-order valence-electron chi connectivity index (χ0n) is 9.01. The average molecular weight is 274 g/mol. The van der Waals surface area contributed by atoms with E-state index in [1.807, 2.05) is 13.8 Å². The molecule has 1 aromatic heterocycles. The van der Waals surface area contributed by atoms with Crippen molar-refractivity contribution < 1.29 is 4.79 Å². The van der Waals surface area contributed by atoms with Crippen LogP contribution in [0.15, 0.2) is 6.20 Å². The maximum atomic E-state index is 11.7. The van der Waals surface area contributed by atoms with Crippen LogP contribution in [0.4, 0.5) is 0 Å². The van der Waals surface area contributed by atoms with E-state index in [1.54, 1.807) is 6.20 Å². The number of nitrogens with one attached hydrogen (secondary N) is 2. The van der Waals surface area contributed by atoms with Gasteiger partial charge in [0.05, 0.1) is 11.8 Å². The molecule has 4 nitrogen and oxygen atoms in total. The zero-order valence-corrected chi connectivity index (χ0v) is 10.6. The minimum Gasteiger partial charge on any atom is -0.349 e. The number of aromatic nitrogens is 2. The predicted octanol–water partition coefficient (Wildman–Crippen LogP) is 2.01. The highest BCUT2D eigenvalue weighted by atomic mass is 79.9. The lowest BCUT2D eigenvalue weighted by Gasteiger charge is -2.12. The molecule has 0 saturated carbocycles. The van der Waals surface area contributed by atoms with Crippen molar-refractivity contribution in [2.45, 2.75) is 32.7 Å². The Hall–Kier alpha value is -0.840. The van der Waals surface area contributed by atoms with Gasteiger partial charge in [-0.05, 0) is 26.7 Å². The molecule has 84 valence electrons. The summed E-state index contributed by atoms with van der Waals surface area (Å²) in [6.07, 6.45) is 3.60. The topological polar surface area (TPSA) is 57.8 Å². The Morgan fingerprint density at radius 2 is 2.47 bits per heavy atom. The van der Waals surface area contributed by atoms with Gasteiger partial charge in [-0.15, -0.1) is 0 Å². The number of amides is 1. The fourth-order valence-electron chi connectivity index (χ4n) is 1.34. The molecule has 0 bridgehead atoms. The van der Waals surface area contributed by atoms with Gasteiger partial charge < -0.3 is 5.32 Å². The first kappa shape index (κ1) is 12.2. The van der Waals surface area contributed by atoms with Crippen LogP contribution in [0.25, 0.3) is 0 Å². The lowest BCUT2D eigenvalue weighted by Crippen LogP contribution is -2.32. The molecule has 0 aromatic carbocycles. The van der Waals surface area contributed by atoms with Crippen molar-refractivity contribution in [3.8, 4) is 0 Å². The van der Waals surface area contributed by atoms with Crippen molar-refractivity contribution in [1.82, 2.24) is 15.5 Å². The summed E-state index contributed by atoms with van der Waals surface area (Å²) in [5.74, 6) is -0.0525. The number of aryl methyl sites for hydroxylation is 1. The van der Waals surface area contributed by atoms with Crippen molar-refractivity contribution in [1.29, 1.82) is 0 Å². The monoisotopic (exact) mass is 273 g/mol. The van der Waals surface area contributed by atoms with Crippen LogP contribution in [-0.2, 0) is 0 Å². The summed E-state index contributed by atoms with van der Waals surface area (Å²) < 4.78 is 0. The van der Waals surface area contributed by atoms with Gasteiger partial charge in [0.1, 0.15) is 0 Å². The van der Waals surface area contributed by atoms with E-state index < -0.39 is 0 Å². The van der Waals surface area contributed by atoms with Gasteiger partial charge in [-0.25, -0.2) is 0 Å². The summed E-state index contributed by atoms with van der Waals surface area (Å²) >= 11 is 3.37. The summed E-state index contributed by atoms with van der Waals surface area (Å²) in [5, 5.41) is 10.5. The number of aromatic amines is 1. The fraction of sp³-hybridized carbons (Fsp3) is 0.600. The number of nitrogens with zero attached hydrogens (tertiary/aromatic N) is 1. The molecule has 0 radical (unpaired) electrons. The molecule has 1 aromatic rings. The van der Waals surface area contributed by atoms with E-state index in [4.69, 9.17) is 0 Å². The van der Waals surface area contributed by atoms with Crippen molar-refractivity contribution in [2.24, 2.45) is 0 Å². The molecule has 15 heavy (non-hydrogen) atoms. The number of halogens is 1. The number of rotatable bonds is 5. The Balaban J connectivity index is 2.46. The first-order valence-corrected chi connectivity index (χ1v) is 6.14. The Morgan fingerprint density at radius 3 is 3.00 bits per heavy atom. The second-order valence-electron chi connectivity index (χ2n) is 3.61. The smallest absolute Gasteiger partial charge is 0.254 e. The van der Waals surface area contributed by atoms with E-state index in [1.165, 1.54) is 0 Å². The third-order valence-corrected chi connectivity index (χ3v) is 2.78. The molecule has 0 aliphatic rings. The second kappa shape index (κ2) is 5.90. The van der Waals surface area contributed by atoms with Gasteiger partial charge in [-0.3, -0.25) is 9.89 Å². The van der Waals surface area contributed by atoms with E-state index in [9.17, 15) is 4.79 Å². The highest BCUT2D eigenvalue weighted by molar-refractivity contribution is 9.09. The third kappa shape index (κ3) is 3.66. The maximum Gasteiger partial charge on any atom is 0.254 e. The summed E-state index contributed by atoms with van der Waals surface area (Å²) in [6.45, 7) is 3.85. The van der Waals surface area contributed by atoms with E-state index >= 15 is 0 Å². The molecule has 1 amide bonds. The summed E-state index contributed by atoms with van der Waals surface area (Å²) in [6, 6.07) is 0.198. The highest BCUT2D eigenvalue weighted by Crippen LogP contribution is 2.04. The van der Waals surface area contributed by atoms with Crippen LogP contribution in [0.5, 0.6) is 0 Å². The van der Waals surface area contributed by atoms with Crippen LogP contribution in [0.1, 0.15) is 35.8 Å². The molecule has 5 heteroatoms. The van der Waals surface area contributed by atoms with Gasteiger partial charge >= 0.3 is 0 Å². The summed E-state index contributed by atoms with van der Waals surface area (Å²) in [4.78, 5) is 11.7. The molecule has 0 spiro atoms. The van der Waals surface area contributed by atoms with Crippen LogP contribution in [0, 0.1) is 6.92 Å². The van der Waals surface area contributed by atoms with Gasteiger partial charge in [0, 0.05) is 17.1 Å². The molecular weight excluding hydrogens is 258 g/mol. The molecule has 2 N–H and O–H groups in total. The Morgan fingerprint density at radius 1 is 1.73 bits per heavy atom. The normalized spacial score (nSPS) is 12.5. The van der Waals surface area contributed by atoms with Crippen LogP contribution in [-0.4, -0.2) is 27.5 Å². The van der Waals surface area contributed by atoms with Crippen molar-refractivity contribution in [3.05, 3.63) is 17.5 Å². The van der Waals surface area contributed by atoms with Gasteiger partial charge in [-0.1, -0.05) is 15.9 Å². The summed E-state index contributed by atoms with van der Waals surface area (Å²) in [5.41, 5.74) is 1.43. The molecule has 1 heterocycles. The number of alkyl halides is 1. The number of hydrogen-bond acceptors (Lipinski definition) is 2. The van der Waals surface area contributed by atoms with Crippen molar-refractivity contribution >= 4 is 21.8 Å². The van der Waals surface area contributed by atoms with Gasteiger partial charge in [-0.2, -0.15) is 5.10 Å². The molecule has 0 aliphatic heterocycles. The minimum atomic E-state index is -0.0525. The molecule has 1 atom stereocenters. The predicted molar refractivity (Wildman–Crippen MR) is 63.3 cm³/mol. The molecular formula is C10H16BrN3O. The SMILES string of the molecule is Cc1[nH]ncc1C(=O)NC(C)CCCBr. The second-order valence-corrected chi connectivity index (χ2v) is 4.41. The van der Waals surface area contributed by atoms with Gasteiger partial charge in [0.2, 0.25) is 0 Å². The number of carbonyl (C=O) groups excluding carboxylic acids is 1. The van der Waals surface area contributed by atoms with Crippen molar-refractivity contribution in [3.63, 3.8) is 0 Å². The van der Waals surface area contributed by atoms with Crippen LogP contribution in [0.2, 0.25) is 0 Å². The summed E-state index contributed by atoms with van der Waals surface area (Å²) in [7, 11) is 0. The van der Waals surface area contributed by atoms with Crippen LogP contribution < -0.4 is 5.32 Å². The lowest BCUT2D eigenvalue weighted by atomic mass is 10.1. The number of carbonyl (C=O) groups is 1. The van der Waals surface area contributed by atoms with E-state index in [-0.39, 0.29) is 11.9 Å². The van der Waals surface area contributed by atoms with Gasteiger partial charge in [0.25, 0.3) is 5.91 Å². The standard InChI is InChI=1S/C10H16BrN3O/c1-7(4-3-5-11)13-10(15)9-6-12-14-8(9)2/h6-7H,3-5H2,1-2H3,(H,12,14)(H,13,15).